The van der Waals surface area contributed by atoms with Crippen LogP contribution in [0, 0.1) is 0 Å². The molecule has 1 aromatic heterocycles. The van der Waals surface area contributed by atoms with Crippen molar-refractivity contribution in [3.05, 3.63) is 54.2 Å². The zero-order chi connectivity index (χ0) is 12.9. The number of rotatable bonds is 3. The molecule has 3 nitrogen and oxygen atoms in total. The highest BCUT2D eigenvalue weighted by atomic mass is 15.2. The Hall–Kier alpha value is -1.71. The molecule has 0 atom stereocenters. The van der Waals surface area contributed by atoms with Crippen molar-refractivity contribution in [1.29, 1.82) is 0 Å². The van der Waals surface area contributed by atoms with Crippen molar-refractivity contribution in [3.8, 4) is 11.3 Å². The van der Waals surface area contributed by atoms with E-state index >= 15 is 0 Å². The summed E-state index contributed by atoms with van der Waals surface area (Å²) in [4.78, 5) is 7.02. The first-order chi connectivity index (χ1) is 9.43. The van der Waals surface area contributed by atoms with E-state index in [2.05, 4.69) is 45.5 Å². The van der Waals surface area contributed by atoms with Crippen LogP contribution in [-0.2, 0) is 6.54 Å². The summed E-state index contributed by atoms with van der Waals surface area (Å²) in [7, 11) is 0. The summed E-state index contributed by atoms with van der Waals surface area (Å²) >= 11 is 0. The van der Waals surface area contributed by atoms with Gasteiger partial charge in [0.2, 0.25) is 0 Å². The summed E-state index contributed by atoms with van der Waals surface area (Å²) in [6.45, 7) is 5.00. The van der Waals surface area contributed by atoms with Crippen LogP contribution in [0.5, 0.6) is 0 Å². The van der Waals surface area contributed by atoms with Crippen molar-refractivity contribution in [1.82, 2.24) is 15.2 Å². The first-order valence-corrected chi connectivity index (χ1v) is 6.78. The SMILES string of the molecule is c1ccc(-c2ncccc2CN2CC[N]CC2)cc1. The van der Waals surface area contributed by atoms with Gasteiger partial charge in [-0.3, -0.25) is 9.88 Å². The maximum Gasteiger partial charge on any atom is 0.0746 e. The van der Waals surface area contributed by atoms with Crippen LogP contribution in [0.15, 0.2) is 48.7 Å². The number of pyridine rings is 1. The van der Waals surface area contributed by atoms with Gasteiger partial charge in [0.25, 0.3) is 0 Å². The molecule has 1 radical (unpaired) electrons. The van der Waals surface area contributed by atoms with Crippen LogP contribution in [-0.4, -0.2) is 36.1 Å². The first-order valence-electron chi connectivity index (χ1n) is 6.78. The fraction of sp³-hybridized carbons (Fsp3) is 0.312. The van der Waals surface area contributed by atoms with Gasteiger partial charge in [0.1, 0.15) is 0 Å². The van der Waals surface area contributed by atoms with Gasteiger partial charge >= 0.3 is 0 Å². The molecule has 2 heterocycles. The molecule has 0 aliphatic carbocycles. The number of benzene rings is 1. The quantitative estimate of drug-likeness (QED) is 0.838. The van der Waals surface area contributed by atoms with Gasteiger partial charge in [-0.05, 0) is 11.6 Å². The molecule has 1 fully saturated rings. The van der Waals surface area contributed by atoms with Crippen LogP contribution in [0.2, 0.25) is 0 Å². The molecule has 2 aromatic rings. The van der Waals surface area contributed by atoms with E-state index in [1.165, 1.54) is 11.1 Å². The zero-order valence-corrected chi connectivity index (χ0v) is 11.0. The number of nitrogens with zero attached hydrogens (tertiary/aromatic N) is 3. The number of hydrogen-bond donors (Lipinski definition) is 0. The average molecular weight is 252 g/mol. The standard InChI is InChI=1S/C16H18N3/c1-2-5-14(6-3-1)16-15(7-4-8-18-16)13-19-11-9-17-10-12-19/h1-8H,9-13H2. The van der Waals surface area contributed by atoms with E-state index in [0.29, 0.717) is 0 Å². The molecule has 0 N–H and O–H groups in total. The van der Waals surface area contributed by atoms with Crippen molar-refractivity contribution in [2.75, 3.05) is 26.2 Å². The molecule has 0 saturated carbocycles. The van der Waals surface area contributed by atoms with Crippen LogP contribution in [0.25, 0.3) is 11.3 Å². The molecular formula is C16H18N3. The summed E-state index contributed by atoms with van der Waals surface area (Å²) in [6, 6.07) is 14.6. The molecule has 0 bridgehead atoms. The number of piperazine rings is 1. The topological polar surface area (TPSA) is 30.2 Å². The second-order valence-corrected chi connectivity index (χ2v) is 4.82. The molecule has 3 rings (SSSR count). The molecule has 1 aliphatic heterocycles. The third-order valence-corrected chi connectivity index (χ3v) is 3.48. The maximum absolute atomic E-state index is 4.56. The van der Waals surface area contributed by atoms with Crippen LogP contribution in [0.1, 0.15) is 5.56 Å². The molecule has 1 aromatic carbocycles. The Morgan fingerprint density at radius 2 is 1.74 bits per heavy atom. The highest BCUT2D eigenvalue weighted by Crippen LogP contribution is 2.22. The average Bonchev–Trinajstić information content (AvgIpc) is 2.50. The molecule has 19 heavy (non-hydrogen) atoms. The monoisotopic (exact) mass is 252 g/mol. The Kier molecular flexibility index (Phi) is 3.86. The van der Waals surface area contributed by atoms with Crippen LogP contribution < -0.4 is 5.32 Å². The molecule has 97 valence electrons. The summed E-state index contributed by atoms with van der Waals surface area (Å²) in [5.74, 6) is 0. The minimum Gasteiger partial charge on any atom is -0.296 e. The molecular weight excluding hydrogens is 234 g/mol. The predicted molar refractivity (Wildman–Crippen MR) is 76.8 cm³/mol. The number of hydrogen-bond acceptors (Lipinski definition) is 2. The Bertz CT molecular complexity index is 519. The Morgan fingerprint density at radius 1 is 0.947 bits per heavy atom. The molecule has 0 unspecified atom stereocenters. The first kappa shape index (κ1) is 12.3. The van der Waals surface area contributed by atoms with Crippen molar-refractivity contribution < 1.29 is 0 Å². The largest absolute Gasteiger partial charge is 0.296 e. The van der Waals surface area contributed by atoms with Crippen molar-refractivity contribution >= 4 is 0 Å². The molecule has 0 amide bonds. The molecule has 1 saturated heterocycles. The van der Waals surface area contributed by atoms with Gasteiger partial charge in [-0.2, -0.15) is 0 Å². The minimum atomic E-state index is 0.959. The summed E-state index contributed by atoms with van der Waals surface area (Å²) in [5, 5.41) is 4.39. The van der Waals surface area contributed by atoms with E-state index in [-0.39, 0.29) is 0 Å². The normalized spacial score (nSPS) is 16.4. The Morgan fingerprint density at radius 3 is 2.53 bits per heavy atom. The van der Waals surface area contributed by atoms with E-state index in [0.717, 1.165) is 38.4 Å². The van der Waals surface area contributed by atoms with Crippen molar-refractivity contribution in [3.63, 3.8) is 0 Å². The van der Waals surface area contributed by atoms with Gasteiger partial charge in [-0.15, -0.1) is 0 Å². The fourth-order valence-corrected chi connectivity index (χ4v) is 2.47. The molecule has 0 spiro atoms. The highest BCUT2D eigenvalue weighted by molar-refractivity contribution is 5.62. The van der Waals surface area contributed by atoms with Crippen LogP contribution in [0.4, 0.5) is 0 Å². The summed E-state index contributed by atoms with van der Waals surface area (Å²) < 4.78 is 0. The van der Waals surface area contributed by atoms with Gasteiger partial charge in [0, 0.05) is 44.5 Å². The van der Waals surface area contributed by atoms with E-state index in [1.54, 1.807) is 0 Å². The van der Waals surface area contributed by atoms with Gasteiger partial charge in [0.15, 0.2) is 0 Å². The lowest BCUT2D eigenvalue weighted by Crippen LogP contribution is -2.39. The second-order valence-electron chi connectivity index (χ2n) is 4.82. The lowest BCUT2D eigenvalue weighted by Gasteiger charge is -2.26. The molecule has 1 aliphatic rings. The Labute approximate surface area is 114 Å². The third-order valence-electron chi connectivity index (χ3n) is 3.48. The van der Waals surface area contributed by atoms with E-state index < -0.39 is 0 Å². The third kappa shape index (κ3) is 3.00. The van der Waals surface area contributed by atoms with Gasteiger partial charge in [-0.25, -0.2) is 5.32 Å². The lowest BCUT2D eigenvalue weighted by molar-refractivity contribution is 0.231. The molecule has 3 heteroatoms. The highest BCUT2D eigenvalue weighted by Gasteiger charge is 2.13. The van der Waals surface area contributed by atoms with Gasteiger partial charge in [-0.1, -0.05) is 36.4 Å². The van der Waals surface area contributed by atoms with Crippen molar-refractivity contribution in [2.45, 2.75) is 6.54 Å². The summed E-state index contributed by atoms with van der Waals surface area (Å²) in [6.07, 6.45) is 1.87. The van der Waals surface area contributed by atoms with Gasteiger partial charge in [0.05, 0.1) is 5.69 Å². The van der Waals surface area contributed by atoms with Crippen molar-refractivity contribution in [2.24, 2.45) is 0 Å². The fourth-order valence-electron chi connectivity index (χ4n) is 2.47. The van der Waals surface area contributed by atoms with E-state index in [4.69, 9.17) is 0 Å². The predicted octanol–water partition coefficient (Wildman–Crippen LogP) is 2.17. The van der Waals surface area contributed by atoms with E-state index in [9.17, 15) is 0 Å². The second kappa shape index (κ2) is 5.95. The minimum absolute atomic E-state index is 0.959. The van der Waals surface area contributed by atoms with Crippen LogP contribution in [0.3, 0.4) is 0 Å². The van der Waals surface area contributed by atoms with Crippen LogP contribution >= 0.6 is 0 Å². The van der Waals surface area contributed by atoms with E-state index in [1.807, 2.05) is 18.3 Å². The summed E-state index contributed by atoms with van der Waals surface area (Å²) in [5.41, 5.74) is 3.60. The Balaban J connectivity index is 1.85. The maximum atomic E-state index is 4.56. The number of aromatic nitrogens is 1. The zero-order valence-electron chi connectivity index (χ0n) is 11.0. The smallest absolute Gasteiger partial charge is 0.0746 e. The van der Waals surface area contributed by atoms with Gasteiger partial charge < -0.3 is 0 Å². The lowest BCUT2D eigenvalue weighted by atomic mass is 10.1.